The Kier molecular flexibility index (Phi) is 7.09. The summed E-state index contributed by atoms with van der Waals surface area (Å²) < 4.78 is 5.31. The monoisotopic (exact) mass is 242 g/mol. The van der Waals surface area contributed by atoms with Gasteiger partial charge in [0.1, 0.15) is 11.9 Å². The van der Waals surface area contributed by atoms with Crippen LogP contribution in [0.5, 0.6) is 0 Å². The Morgan fingerprint density at radius 2 is 1.65 bits per heavy atom. The molecule has 0 aliphatic heterocycles. The maximum atomic E-state index is 11.8. The first kappa shape index (κ1) is 16.1. The van der Waals surface area contributed by atoms with Crippen molar-refractivity contribution in [3.05, 3.63) is 0 Å². The molecule has 1 unspecified atom stereocenters. The summed E-state index contributed by atoms with van der Waals surface area (Å²) in [5.74, 6) is -0.0520. The second-order valence-corrected chi connectivity index (χ2v) is 4.77. The Labute approximate surface area is 105 Å². The lowest BCUT2D eigenvalue weighted by Gasteiger charge is -2.32. The van der Waals surface area contributed by atoms with Gasteiger partial charge in [-0.05, 0) is 32.6 Å². The molecule has 0 aromatic carbocycles. The van der Waals surface area contributed by atoms with Crippen LogP contribution in [0.2, 0.25) is 0 Å². The third-order valence-electron chi connectivity index (χ3n) is 3.66. The van der Waals surface area contributed by atoms with Crippen molar-refractivity contribution in [2.75, 3.05) is 0 Å². The second-order valence-electron chi connectivity index (χ2n) is 4.77. The van der Waals surface area contributed by atoms with Gasteiger partial charge < -0.3 is 4.74 Å². The predicted molar refractivity (Wildman–Crippen MR) is 68.8 cm³/mol. The molecular formula is C14H26O3. The van der Waals surface area contributed by atoms with E-state index in [2.05, 4.69) is 6.92 Å². The fourth-order valence-corrected chi connectivity index (χ4v) is 2.38. The van der Waals surface area contributed by atoms with Crippen LogP contribution in [-0.4, -0.2) is 17.9 Å². The van der Waals surface area contributed by atoms with E-state index < -0.39 is 0 Å². The number of carbonyl (C=O) groups excluding carboxylic acids is 2. The third kappa shape index (κ3) is 4.88. The van der Waals surface area contributed by atoms with E-state index in [-0.39, 0.29) is 23.3 Å². The van der Waals surface area contributed by atoms with Crippen LogP contribution in [0, 0.1) is 5.41 Å². The van der Waals surface area contributed by atoms with E-state index in [0.29, 0.717) is 6.42 Å². The normalized spacial score (nSPS) is 13.2. The Morgan fingerprint density at radius 1 is 1.12 bits per heavy atom. The first-order valence-electron chi connectivity index (χ1n) is 6.60. The summed E-state index contributed by atoms with van der Waals surface area (Å²) in [6.07, 6.45) is 3.93. The molecule has 3 heteroatoms. The minimum absolute atomic E-state index is 0.124. The Bertz CT molecular complexity index is 254. The maximum absolute atomic E-state index is 11.8. The van der Waals surface area contributed by atoms with Crippen molar-refractivity contribution >= 4 is 11.8 Å². The van der Waals surface area contributed by atoms with E-state index >= 15 is 0 Å². The van der Waals surface area contributed by atoms with Crippen molar-refractivity contribution in [2.45, 2.75) is 72.8 Å². The average Bonchev–Trinajstić information content (AvgIpc) is 2.24. The SMILES string of the molecule is CCCC(CC(CC)(CC)C(C)=O)OC(C)=O. The summed E-state index contributed by atoms with van der Waals surface area (Å²) in [5, 5.41) is 0. The molecule has 0 aromatic rings. The Morgan fingerprint density at radius 3 is 1.94 bits per heavy atom. The number of ether oxygens (including phenoxy) is 1. The van der Waals surface area contributed by atoms with E-state index in [1.807, 2.05) is 13.8 Å². The highest BCUT2D eigenvalue weighted by atomic mass is 16.5. The highest BCUT2D eigenvalue weighted by Gasteiger charge is 2.35. The molecule has 17 heavy (non-hydrogen) atoms. The van der Waals surface area contributed by atoms with Crippen LogP contribution in [-0.2, 0) is 14.3 Å². The number of hydrogen-bond donors (Lipinski definition) is 0. The lowest BCUT2D eigenvalue weighted by Crippen LogP contribution is -2.34. The molecule has 0 spiro atoms. The predicted octanol–water partition coefficient (Wildman–Crippen LogP) is 3.50. The largest absolute Gasteiger partial charge is 0.463 e. The molecule has 0 aliphatic carbocycles. The number of hydrogen-bond acceptors (Lipinski definition) is 3. The van der Waals surface area contributed by atoms with Crippen LogP contribution in [0.3, 0.4) is 0 Å². The van der Waals surface area contributed by atoms with Crippen LogP contribution in [0.4, 0.5) is 0 Å². The summed E-state index contributed by atoms with van der Waals surface area (Å²) in [5.41, 5.74) is -0.324. The molecule has 0 amide bonds. The van der Waals surface area contributed by atoms with Gasteiger partial charge in [-0.2, -0.15) is 0 Å². The van der Waals surface area contributed by atoms with Crippen LogP contribution < -0.4 is 0 Å². The van der Waals surface area contributed by atoms with Gasteiger partial charge in [0, 0.05) is 12.3 Å². The van der Waals surface area contributed by atoms with Gasteiger partial charge in [-0.15, -0.1) is 0 Å². The van der Waals surface area contributed by atoms with Crippen LogP contribution in [0.15, 0.2) is 0 Å². The van der Waals surface area contributed by atoms with Gasteiger partial charge in [-0.25, -0.2) is 0 Å². The van der Waals surface area contributed by atoms with Gasteiger partial charge >= 0.3 is 5.97 Å². The zero-order chi connectivity index (χ0) is 13.5. The van der Waals surface area contributed by atoms with Crippen molar-refractivity contribution in [3.8, 4) is 0 Å². The molecule has 0 rings (SSSR count). The van der Waals surface area contributed by atoms with Crippen molar-refractivity contribution in [3.63, 3.8) is 0 Å². The number of carbonyl (C=O) groups is 2. The quantitative estimate of drug-likeness (QED) is 0.612. The fourth-order valence-electron chi connectivity index (χ4n) is 2.38. The van der Waals surface area contributed by atoms with E-state index in [4.69, 9.17) is 4.74 Å². The van der Waals surface area contributed by atoms with Crippen molar-refractivity contribution in [2.24, 2.45) is 5.41 Å². The zero-order valence-electron chi connectivity index (χ0n) is 11.8. The summed E-state index contributed by atoms with van der Waals surface area (Å²) >= 11 is 0. The maximum Gasteiger partial charge on any atom is 0.302 e. The molecule has 0 radical (unpaired) electrons. The molecule has 0 saturated heterocycles. The first-order chi connectivity index (χ1) is 7.91. The highest BCUT2D eigenvalue weighted by molar-refractivity contribution is 5.82. The van der Waals surface area contributed by atoms with Crippen molar-refractivity contribution in [1.29, 1.82) is 0 Å². The van der Waals surface area contributed by atoms with Gasteiger partial charge in [0.15, 0.2) is 0 Å². The smallest absolute Gasteiger partial charge is 0.302 e. The molecule has 0 N–H and O–H groups in total. The zero-order valence-corrected chi connectivity index (χ0v) is 11.8. The van der Waals surface area contributed by atoms with Crippen LogP contribution in [0.25, 0.3) is 0 Å². The minimum Gasteiger partial charge on any atom is -0.463 e. The number of esters is 1. The van der Waals surface area contributed by atoms with Crippen molar-refractivity contribution < 1.29 is 14.3 Å². The van der Waals surface area contributed by atoms with Crippen LogP contribution in [0.1, 0.15) is 66.7 Å². The molecule has 0 aromatic heterocycles. The van der Waals surface area contributed by atoms with Gasteiger partial charge in [-0.1, -0.05) is 27.2 Å². The lowest BCUT2D eigenvalue weighted by molar-refractivity contribution is -0.150. The summed E-state index contributed by atoms with van der Waals surface area (Å²) in [6.45, 7) is 9.19. The molecule has 0 aliphatic rings. The number of Topliss-reactive ketones (excluding diaryl/α,β-unsaturated/α-hetero) is 1. The van der Waals surface area contributed by atoms with Gasteiger partial charge in [0.05, 0.1) is 0 Å². The summed E-state index contributed by atoms with van der Waals surface area (Å²) in [4.78, 5) is 22.9. The molecule has 0 fully saturated rings. The topological polar surface area (TPSA) is 43.4 Å². The average molecular weight is 242 g/mol. The summed E-state index contributed by atoms with van der Waals surface area (Å²) in [6, 6.07) is 0. The van der Waals surface area contributed by atoms with Crippen molar-refractivity contribution in [1.82, 2.24) is 0 Å². The molecule has 100 valence electrons. The van der Waals surface area contributed by atoms with E-state index in [0.717, 1.165) is 25.7 Å². The fraction of sp³-hybridized carbons (Fsp3) is 0.857. The highest BCUT2D eigenvalue weighted by Crippen LogP contribution is 2.35. The number of ketones is 1. The van der Waals surface area contributed by atoms with E-state index in [1.54, 1.807) is 6.92 Å². The Hall–Kier alpha value is -0.860. The first-order valence-corrected chi connectivity index (χ1v) is 6.60. The summed E-state index contributed by atoms with van der Waals surface area (Å²) in [7, 11) is 0. The van der Waals surface area contributed by atoms with E-state index in [1.165, 1.54) is 6.92 Å². The molecule has 0 bridgehead atoms. The molecule has 1 atom stereocenters. The van der Waals surface area contributed by atoms with E-state index in [9.17, 15) is 9.59 Å². The molecule has 0 heterocycles. The Balaban J connectivity index is 4.77. The minimum atomic E-state index is -0.324. The van der Waals surface area contributed by atoms with Crippen LogP contribution >= 0.6 is 0 Å². The lowest BCUT2D eigenvalue weighted by atomic mass is 9.74. The molecular weight excluding hydrogens is 216 g/mol. The van der Waals surface area contributed by atoms with Gasteiger partial charge in [0.25, 0.3) is 0 Å². The second kappa shape index (κ2) is 7.46. The standard InChI is InChI=1S/C14H26O3/c1-6-9-13(17-12(5)16)10-14(7-2,8-3)11(4)15/h13H,6-10H2,1-5H3. The van der Waals surface area contributed by atoms with Gasteiger partial charge in [0.2, 0.25) is 0 Å². The number of rotatable bonds is 8. The third-order valence-corrected chi connectivity index (χ3v) is 3.66. The van der Waals surface area contributed by atoms with Gasteiger partial charge in [-0.3, -0.25) is 9.59 Å². The molecule has 3 nitrogen and oxygen atoms in total. The molecule has 0 saturated carbocycles.